The molecule has 8 heteroatoms. The molecule has 2 amide bonds. The molecule has 1 aromatic rings. The number of carboxylic acids is 1. The molecule has 1 heterocycles. The van der Waals surface area contributed by atoms with Crippen molar-refractivity contribution in [1.82, 2.24) is 10.3 Å². The zero-order valence-corrected chi connectivity index (χ0v) is 11.6. The molecule has 3 N–H and O–H groups in total. The summed E-state index contributed by atoms with van der Waals surface area (Å²) in [5.74, 6) is -0.962. The third-order valence-electron chi connectivity index (χ3n) is 2.13. The van der Waals surface area contributed by atoms with E-state index in [0.717, 1.165) is 5.69 Å². The van der Waals surface area contributed by atoms with Crippen molar-refractivity contribution in [3.8, 4) is 0 Å². The largest absolute Gasteiger partial charge is 0.481 e. The van der Waals surface area contributed by atoms with Crippen LogP contribution in [0.15, 0.2) is 5.38 Å². The lowest BCUT2D eigenvalue weighted by Crippen LogP contribution is -2.37. The molecule has 19 heavy (non-hydrogen) atoms. The Morgan fingerprint density at radius 2 is 2.32 bits per heavy atom. The van der Waals surface area contributed by atoms with Crippen molar-refractivity contribution in [3.05, 3.63) is 11.1 Å². The van der Waals surface area contributed by atoms with Gasteiger partial charge in [0.1, 0.15) is 0 Å². The average Bonchev–Trinajstić information content (AvgIpc) is 2.71. The molecule has 106 valence electrons. The smallest absolute Gasteiger partial charge is 0.321 e. The van der Waals surface area contributed by atoms with Gasteiger partial charge in [0.2, 0.25) is 0 Å². The summed E-state index contributed by atoms with van der Waals surface area (Å²) < 4.78 is 5.22. The number of aromatic nitrogens is 1. The zero-order valence-electron chi connectivity index (χ0n) is 10.8. The van der Waals surface area contributed by atoms with Gasteiger partial charge in [-0.05, 0) is 13.8 Å². The molecule has 7 nitrogen and oxygen atoms in total. The molecule has 0 aliphatic carbocycles. The Morgan fingerprint density at radius 3 is 2.84 bits per heavy atom. The van der Waals surface area contributed by atoms with Crippen molar-refractivity contribution >= 4 is 28.5 Å². The number of anilines is 1. The molecule has 0 radical (unpaired) electrons. The van der Waals surface area contributed by atoms with Crippen LogP contribution >= 0.6 is 11.3 Å². The molecular weight excluding hydrogens is 270 g/mol. The number of amides is 2. The second kappa shape index (κ2) is 7.70. The first-order valence-corrected chi connectivity index (χ1v) is 6.69. The van der Waals surface area contributed by atoms with Gasteiger partial charge in [0.05, 0.1) is 18.2 Å². The Morgan fingerprint density at radius 1 is 1.58 bits per heavy atom. The van der Waals surface area contributed by atoms with Crippen LogP contribution in [0.4, 0.5) is 9.93 Å². The minimum atomic E-state index is -0.962. The van der Waals surface area contributed by atoms with Crippen molar-refractivity contribution in [3.63, 3.8) is 0 Å². The number of carbonyl (C=O) groups excluding carboxylic acids is 1. The topological polar surface area (TPSA) is 101 Å². The Hall–Kier alpha value is -1.67. The zero-order chi connectivity index (χ0) is 14.3. The van der Waals surface area contributed by atoms with E-state index in [1.165, 1.54) is 11.3 Å². The SMILES string of the molecule is CCOC(CNC(=O)Nc1nc(C)cs1)CC(=O)O. The summed E-state index contributed by atoms with van der Waals surface area (Å²) in [4.78, 5) is 26.2. The number of aliphatic carboxylic acids is 1. The van der Waals surface area contributed by atoms with Gasteiger partial charge in [-0.3, -0.25) is 10.1 Å². The highest BCUT2D eigenvalue weighted by Gasteiger charge is 2.14. The molecule has 0 fully saturated rings. The van der Waals surface area contributed by atoms with Crippen molar-refractivity contribution in [2.24, 2.45) is 0 Å². The van der Waals surface area contributed by atoms with E-state index in [0.29, 0.717) is 11.7 Å². The molecule has 0 spiro atoms. The van der Waals surface area contributed by atoms with Crippen LogP contribution < -0.4 is 10.6 Å². The molecule has 0 bridgehead atoms. The fourth-order valence-corrected chi connectivity index (χ4v) is 2.06. The van der Waals surface area contributed by atoms with Crippen LogP contribution in [0.2, 0.25) is 0 Å². The molecule has 1 rings (SSSR count). The lowest BCUT2D eigenvalue weighted by molar-refractivity contribution is -0.140. The number of carboxylic acid groups (broad SMARTS) is 1. The second-order valence-electron chi connectivity index (χ2n) is 3.80. The highest BCUT2D eigenvalue weighted by Crippen LogP contribution is 2.13. The van der Waals surface area contributed by atoms with Crippen LogP contribution in [0.1, 0.15) is 19.0 Å². The summed E-state index contributed by atoms with van der Waals surface area (Å²) >= 11 is 1.32. The van der Waals surface area contributed by atoms with Gasteiger partial charge in [0.25, 0.3) is 0 Å². The highest BCUT2D eigenvalue weighted by atomic mass is 32.1. The van der Waals surface area contributed by atoms with Crippen LogP contribution in [-0.2, 0) is 9.53 Å². The Bertz CT molecular complexity index is 435. The number of nitrogens with one attached hydrogen (secondary N) is 2. The summed E-state index contributed by atoms with van der Waals surface area (Å²) in [6.45, 7) is 4.13. The van der Waals surface area contributed by atoms with Crippen LogP contribution in [0.25, 0.3) is 0 Å². The highest BCUT2D eigenvalue weighted by molar-refractivity contribution is 7.13. The number of thiazole rings is 1. The van der Waals surface area contributed by atoms with E-state index in [9.17, 15) is 9.59 Å². The number of hydrogen-bond donors (Lipinski definition) is 3. The van der Waals surface area contributed by atoms with Crippen LogP contribution in [0.3, 0.4) is 0 Å². The number of carbonyl (C=O) groups is 2. The number of rotatable bonds is 7. The van der Waals surface area contributed by atoms with Gasteiger partial charge in [0.15, 0.2) is 5.13 Å². The molecule has 1 aromatic heterocycles. The van der Waals surface area contributed by atoms with Crippen LogP contribution in [0.5, 0.6) is 0 Å². The van der Waals surface area contributed by atoms with Gasteiger partial charge in [0, 0.05) is 18.5 Å². The minimum absolute atomic E-state index is 0.135. The molecule has 0 aromatic carbocycles. The normalized spacial score (nSPS) is 11.9. The quantitative estimate of drug-likeness (QED) is 0.704. The van der Waals surface area contributed by atoms with E-state index in [1.54, 1.807) is 6.92 Å². The van der Waals surface area contributed by atoms with Gasteiger partial charge in [-0.15, -0.1) is 11.3 Å². The van der Waals surface area contributed by atoms with Crippen LogP contribution in [-0.4, -0.2) is 41.3 Å². The van der Waals surface area contributed by atoms with E-state index < -0.39 is 18.1 Å². The maximum absolute atomic E-state index is 11.6. The molecule has 1 atom stereocenters. The number of aryl methyl sites for hydroxylation is 1. The summed E-state index contributed by atoms with van der Waals surface area (Å²) in [6, 6.07) is -0.426. The standard InChI is InChI=1S/C11H17N3O4S/c1-3-18-8(4-9(15)16)5-12-10(17)14-11-13-7(2)6-19-11/h6,8H,3-5H2,1-2H3,(H,15,16)(H2,12,13,14,17). The van der Waals surface area contributed by atoms with Crippen molar-refractivity contribution < 1.29 is 19.4 Å². The minimum Gasteiger partial charge on any atom is -0.481 e. The van der Waals surface area contributed by atoms with Gasteiger partial charge >= 0.3 is 12.0 Å². The van der Waals surface area contributed by atoms with E-state index in [2.05, 4.69) is 15.6 Å². The molecule has 0 saturated carbocycles. The first kappa shape index (κ1) is 15.4. The van der Waals surface area contributed by atoms with Crippen molar-refractivity contribution in [2.45, 2.75) is 26.4 Å². The summed E-state index contributed by atoms with van der Waals surface area (Å²) in [5, 5.41) is 16.1. The first-order valence-electron chi connectivity index (χ1n) is 5.81. The summed E-state index contributed by atoms with van der Waals surface area (Å²) in [5.41, 5.74) is 0.832. The molecule has 0 aliphatic rings. The van der Waals surface area contributed by atoms with Crippen LogP contribution in [0, 0.1) is 6.92 Å². The summed E-state index contributed by atoms with van der Waals surface area (Å²) in [6.07, 6.45) is -0.684. The van der Waals surface area contributed by atoms with E-state index >= 15 is 0 Å². The Labute approximate surface area is 115 Å². The maximum Gasteiger partial charge on any atom is 0.321 e. The second-order valence-corrected chi connectivity index (χ2v) is 4.66. The fourth-order valence-electron chi connectivity index (χ4n) is 1.38. The Balaban J connectivity index is 2.36. The molecular formula is C11H17N3O4S. The molecule has 0 aliphatic heterocycles. The molecule has 1 unspecified atom stereocenters. The lowest BCUT2D eigenvalue weighted by Gasteiger charge is -2.15. The van der Waals surface area contributed by atoms with Crippen molar-refractivity contribution in [2.75, 3.05) is 18.5 Å². The van der Waals surface area contributed by atoms with E-state index in [4.69, 9.17) is 9.84 Å². The number of ether oxygens (including phenoxy) is 1. The van der Waals surface area contributed by atoms with Gasteiger partial charge < -0.3 is 15.2 Å². The van der Waals surface area contributed by atoms with E-state index in [1.807, 2.05) is 12.3 Å². The van der Waals surface area contributed by atoms with Gasteiger partial charge in [-0.25, -0.2) is 9.78 Å². The third kappa shape index (κ3) is 6.16. The number of urea groups is 1. The third-order valence-corrected chi connectivity index (χ3v) is 3.01. The van der Waals surface area contributed by atoms with Gasteiger partial charge in [-0.2, -0.15) is 0 Å². The fraction of sp³-hybridized carbons (Fsp3) is 0.545. The Kier molecular flexibility index (Phi) is 6.23. The molecule has 0 saturated heterocycles. The predicted molar refractivity (Wildman–Crippen MR) is 71.5 cm³/mol. The monoisotopic (exact) mass is 287 g/mol. The number of nitrogens with zero attached hydrogens (tertiary/aromatic N) is 1. The predicted octanol–water partition coefficient (Wildman–Crippen LogP) is 1.45. The summed E-state index contributed by atoms with van der Waals surface area (Å²) in [7, 11) is 0. The lowest BCUT2D eigenvalue weighted by atomic mass is 10.2. The van der Waals surface area contributed by atoms with Gasteiger partial charge in [-0.1, -0.05) is 0 Å². The van der Waals surface area contributed by atoms with E-state index in [-0.39, 0.29) is 13.0 Å². The maximum atomic E-state index is 11.6. The van der Waals surface area contributed by atoms with Crippen molar-refractivity contribution in [1.29, 1.82) is 0 Å². The first-order chi connectivity index (χ1) is 9.01. The average molecular weight is 287 g/mol. The number of hydrogen-bond acceptors (Lipinski definition) is 5.